The Morgan fingerprint density at radius 3 is 2.50 bits per heavy atom. The number of nitrogens with zero attached hydrogens (tertiary/aromatic N) is 2. The van der Waals surface area contributed by atoms with E-state index in [1.54, 1.807) is 6.92 Å². The maximum Gasteiger partial charge on any atom is 0.497 e. The van der Waals surface area contributed by atoms with Crippen LogP contribution in [0, 0.1) is 13.8 Å². The molecule has 0 unspecified atom stereocenters. The molecule has 0 amide bonds. The number of aromatic nitrogens is 2. The molecule has 0 aliphatic rings. The van der Waals surface area contributed by atoms with Crippen molar-refractivity contribution in [2.24, 2.45) is 0 Å². The summed E-state index contributed by atoms with van der Waals surface area (Å²) < 4.78 is 36.7. The number of rotatable bonds is 2. The summed E-state index contributed by atoms with van der Waals surface area (Å²) in [5, 5.41) is 0. The number of hydrogen-bond donors (Lipinski definition) is 0. The van der Waals surface area contributed by atoms with Crippen molar-refractivity contribution in [3.05, 3.63) is 27.9 Å². The Bertz CT molecular complexity index is 399. The average Bonchev–Trinajstić information content (AvgIpc) is 2.04. The van der Waals surface area contributed by atoms with Crippen LogP contribution in [0.1, 0.15) is 11.3 Å². The summed E-state index contributed by atoms with van der Waals surface area (Å²) in [5.74, 6) is 0. The average molecular weight is 205 g/mol. The maximum absolute atomic E-state index is 12.0. The number of hydrogen-bond acceptors (Lipinski definition) is 2. The smallest absolute Gasteiger partial charge is 0.448 e. The van der Waals surface area contributed by atoms with Gasteiger partial charge in [0, 0.05) is 11.3 Å². The molecule has 0 bridgehead atoms. The molecule has 0 aromatic carbocycles. The lowest BCUT2D eigenvalue weighted by atomic mass is 9.92. The van der Waals surface area contributed by atoms with Crippen LogP contribution in [0.2, 0.25) is 0 Å². The molecule has 3 nitrogen and oxygen atoms in total. The van der Waals surface area contributed by atoms with E-state index < -0.39 is 19.0 Å². The largest absolute Gasteiger partial charge is 0.497 e. The highest BCUT2D eigenvalue weighted by atomic mass is 19.4. The van der Waals surface area contributed by atoms with Crippen LogP contribution in [0.4, 0.5) is 12.9 Å². The van der Waals surface area contributed by atoms with E-state index in [-0.39, 0.29) is 5.56 Å². The Hall–Kier alpha value is -1.27. The van der Waals surface area contributed by atoms with E-state index >= 15 is 0 Å². The summed E-state index contributed by atoms with van der Waals surface area (Å²) in [6.07, 6.45) is -0.299. The molecule has 0 spiro atoms. The van der Waals surface area contributed by atoms with Gasteiger partial charge in [0.25, 0.3) is 5.56 Å². The summed E-state index contributed by atoms with van der Waals surface area (Å²) in [4.78, 5) is 15.0. The van der Waals surface area contributed by atoms with E-state index in [4.69, 9.17) is 0 Å². The van der Waals surface area contributed by atoms with Crippen LogP contribution in [0.3, 0.4) is 0 Å². The fourth-order valence-electron chi connectivity index (χ4n) is 1.03. The fraction of sp³-hybridized carbons (Fsp3) is 0.429. The molecule has 0 aliphatic carbocycles. The Morgan fingerprint density at radius 2 is 2.00 bits per heavy atom. The zero-order valence-corrected chi connectivity index (χ0v) is 7.80. The van der Waals surface area contributed by atoms with Crippen LogP contribution in [0.25, 0.3) is 0 Å². The summed E-state index contributed by atoms with van der Waals surface area (Å²) in [7, 11) is 0. The lowest BCUT2D eigenvalue weighted by Crippen LogP contribution is -2.33. The molecule has 0 aliphatic heterocycles. The second-order valence-electron chi connectivity index (χ2n) is 3.12. The molecule has 7 heteroatoms. The Balaban J connectivity index is 3.13. The standard InChI is InChI=1S/C7H9BF3N2O/c1-5-6(2)12-4-13(7(5)14)3-8(9,10)11/h4H,3H2,1-2H3/q-1. The van der Waals surface area contributed by atoms with Gasteiger partial charge in [-0.2, -0.15) is 0 Å². The van der Waals surface area contributed by atoms with Crippen molar-refractivity contribution < 1.29 is 12.9 Å². The van der Waals surface area contributed by atoms with Crippen LogP contribution in [-0.2, 0) is 6.44 Å². The van der Waals surface area contributed by atoms with Gasteiger partial charge in [-0.25, -0.2) is 4.98 Å². The van der Waals surface area contributed by atoms with Crippen molar-refractivity contribution in [3.8, 4) is 0 Å². The molecule has 1 aromatic heterocycles. The third kappa shape index (κ3) is 2.37. The van der Waals surface area contributed by atoms with Crippen LogP contribution in [-0.4, -0.2) is 16.5 Å². The predicted molar refractivity (Wildman–Crippen MR) is 47.0 cm³/mol. The van der Waals surface area contributed by atoms with Crippen molar-refractivity contribution >= 4 is 6.98 Å². The second-order valence-corrected chi connectivity index (χ2v) is 3.12. The molecule has 0 atom stereocenters. The van der Waals surface area contributed by atoms with E-state index in [0.29, 0.717) is 10.3 Å². The van der Waals surface area contributed by atoms with Crippen molar-refractivity contribution in [3.63, 3.8) is 0 Å². The van der Waals surface area contributed by atoms with Gasteiger partial charge in [0.1, 0.15) is 0 Å². The van der Waals surface area contributed by atoms with E-state index in [9.17, 15) is 17.7 Å². The molecular weight excluding hydrogens is 196 g/mol. The van der Waals surface area contributed by atoms with E-state index in [1.807, 2.05) is 0 Å². The van der Waals surface area contributed by atoms with Gasteiger partial charge >= 0.3 is 6.98 Å². The molecule has 0 N–H and O–H groups in total. The monoisotopic (exact) mass is 205 g/mol. The summed E-state index contributed by atoms with van der Waals surface area (Å²) in [5.41, 5.74) is 0.0881. The molecule has 78 valence electrons. The van der Waals surface area contributed by atoms with Crippen molar-refractivity contribution in [2.45, 2.75) is 20.3 Å². The topological polar surface area (TPSA) is 34.9 Å². The van der Waals surface area contributed by atoms with Gasteiger partial charge in [-0.3, -0.25) is 4.79 Å². The zero-order chi connectivity index (χ0) is 10.9. The first-order valence-corrected chi connectivity index (χ1v) is 4.05. The molecule has 1 heterocycles. The zero-order valence-electron chi connectivity index (χ0n) is 7.80. The van der Waals surface area contributed by atoms with Crippen molar-refractivity contribution in [1.29, 1.82) is 0 Å². The first-order valence-electron chi connectivity index (χ1n) is 4.05. The molecule has 1 aromatic rings. The van der Waals surface area contributed by atoms with E-state index in [2.05, 4.69) is 4.98 Å². The Kier molecular flexibility index (Phi) is 2.68. The second kappa shape index (κ2) is 3.47. The van der Waals surface area contributed by atoms with Crippen molar-refractivity contribution in [2.75, 3.05) is 0 Å². The molecule has 14 heavy (non-hydrogen) atoms. The quantitative estimate of drug-likeness (QED) is 0.680. The first-order chi connectivity index (χ1) is 6.31. The minimum atomic E-state index is -5.00. The van der Waals surface area contributed by atoms with E-state index in [0.717, 1.165) is 6.33 Å². The van der Waals surface area contributed by atoms with Gasteiger partial charge in [0.05, 0.1) is 6.33 Å². The van der Waals surface area contributed by atoms with Crippen LogP contribution < -0.4 is 5.56 Å². The van der Waals surface area contributed by atoms with Crippen LogP contribution in [0.15, 0.2) is 11.1 Å². The third-order valence-corrected chi connectivity index (χ3v) is 1.92. The van der Waals surface area contributed by atoms with Gasteiger partial charge in [-0.15, -0.1) is 0 Å². The first kappa shape index (κ1) is 10.8. The lowest BCUT2D eigenvalue weighted by Gasteiger charge is -2.15. The molecule has 0 saturated carbocycles. The van der Waals surface area contributed by atoms with E-state index in [1.165, 1.54) is 6.92 Å². The SMILES string of the molecule is Cc1ncn(C[B-](F)(F)F)c(=O)c1C. The number of aryl methyl sites for hydroxylation is 1. The summed E-state index contributed by atoms with van der Waals surface area (Å²) in [6.45, 7) is -1.96. The lowest BCUT2D eigenvalue weighted by molar-refractivity contribution is 0.441. The maximum atomic E-state index is 12.0. The minimum Gasteiger partial charge on any atom is -0.448 e. The van der Waals surface area contributed by atoms with Gasteiger partial charge in [0.2, 0.25) is 0 Å². The minimum absolute atomic E-state index is 0.257. The molecule has 0 radical (unpaired) electrons. The highest BCUT2D eigenvalue weighted by Crippen LogP contribution is 2.09. The van der Waals surface area contributed by atoms with Crippen LogP contribution >= 0.6 is 0 Å². The molecule has 0 fully saturated rings. The fourth-order valence-corrected chi connectivity index (χ4v) is 1.03. The van der Waals surface area contributed by atoms with Gasteiger partial charge in [-0.1, -0.05) is 0 Å². The van der Waals surface area contributed by atoms with Gasteiger partial charge < -0.3 is 17.5 Å². The highest BCUT2D eigenvalue weighted by molar-refractivity contribution is 6.57. The molecule has 1 rings (SSSR count). The molecular formula is C7H9BF3N2O-. The number of halogens is 3. The predicted octanol–water partition coefficient (Wildman–Crippen LogP) is 1.25. The van der Waals surface area contributed by atoms with Gasteiger partial charge in [0.15, 0.2) is 0 Å². The summed E-state index contributed by atoms with van der Waals surface area (Å²) in [6, 6.07) is 0. The Labute approximate surface area is 78.6 Å². The van der Waals surface area contributed by atoms with Crippen molar-refractivity contribution in [1.82, 2.24) is 9.55 Å². The van der Waals surface area contributed by atoms with Gasteiger partial charge in [-0.05, 0) is 20.3 Å². The summed E-state index contributed by atoms with van der Waals surface area (Å²) >= 11 is 0. The third-order valence-electron chi connectivity index (χ3n) is 1.92. The normalized spacial score (nSPS) is 11.8. The Morgan fingerprint density at radius 1 is 1.43 bits per heavy atom. The highest BCUT2D eigenvalue weighted by Gasteiger charge is 2.24. The molecule has 0 saturated heterocycles. The van der Waals surface area contributed by atoms with Crippen LogP contribution in [0.5, 0.6) is 0 Å².